The van der Waals surface area contributed by atoms with Crippen molar-refractivity contribution in [3.05, 3.63) is 58.1 Å². The highest BCUT2D eigenvalue weighted by Crippen LogP contribution is 2.65. The lowest BCUT2D eigenvalue weighted by molar-refractivity contribution is -0.149. The van der Waals surface area contributed by atoms with Crippen molar-refractivity contribution in [2.75, 3.05) is 19.1 Å². The Kier molecular flexibility index (Phi) is 4.46. The zero-order chi connectivity index (χ0) is 19.2. The molecule has 2 atom stereocenters. The summed E-state index contributed by atoms with van der Waals surface area (Å²) in [5, 5.41) is 0. The van der Waals surface area contributed by atoms with Crippen molar-refractivity contribution in [2.45, 2.75) is 25.3 Å². The van der Waals surface area contributed by atoms with Crippen LogP contribution in [0.1, 0.15) is 29.9 Å². The second-order valence-corrected chi connectivity index (χ2v) is 8.03. The number of carbonyl (C=O) groups excluding carboxylic acids is 2. The van der Waals surface area contributed by atoms with Gasteiger partial charge in [0.2, 0.25) is 5.91 Å². The molecular weight excluding hydrogens is 410 g/mol. The SMILES string of the molecule is COC(=O)C12CC(=O)N(Cc3ccc(OC)cc3)c3cc(Br)ccc3C1C2. The van der Waals surface area contributed by atoms with Crippen LogP contribution in [0.2, 0.25) is 0 Å². The Balaban J connectivity index is 1.73. The molecule has 0 N–H and O–H groups in total. The topological polar surface area (TPSA) is 55.8 Å². The van der Waals surface area contributed by atoms with E-state index in [1.165, 1.54) is 7.11 Å². The van der Waals surface area contributed by atoms with Crippen molar-refractivity contribution in [3.63, 3.8) is 0 Å². The van der Waals surface area contributed by atoms with Crippen LogP contribution >= 0.6 is 15.9 Å². The first kappa shape index (κ1) is 18.0. The van der Waals surface area contributed by atoms with Gasteiger partial charge >= 0.3 is 5.97 Å². The fraction of sp³-hybridized carbons (Fsp3) is 0.333. The maximum atomic E-state index is 13.2. The van der Waals surface area contributed by atoms with Crippen LogP contribution < -0.4 is 9.64 Å². The lowest BCUT2D eigenvalue weighted by atomic mass is 9.96. The Bertz CT molecular complexity index is 911. The second-order valence-electron chi connectivity index (χ2n) is 7.11. The molecule has 2 aliphatic rings. The summed E-state index contributed by atoms with van der Waals surface area (Å²) in [5.41, 5.74) is 2.17. The van der Waals surface area contributed by atoms with Crippen LogP contribution in [0.4, 0.5) is 5.69 Å². The number of fused-ring (bicyclic) bond motifs is 3. The summed E-state index contributed by atoms with van der Waals surface area (Å²) in [4.78, 5) is 27.4. The van der Waals surface area contributed by atoms with Gasteiger partial charge in [-0.1, -0.05) is 34.1 Å². The number of esters is 1. The Labute approximate surface area is 166 Å². The molecule has 1 heterocycles. The van der Waals surface area contributed by atoms with E-state index in [2.05, 4.69) is 15.9 Å². The van der Waals surface area contributed by atoms with Gasteiger partial charge in [-0.2, -0.15) is 0 Å². The number of anilines is 1. The van der Waals surface area contributed by atoms with Gasteiger partial charge in [0.05, 0.1) is 26.2 Å². The Morgan fingerprint density at radius 1 is 1.22 bits per heavy atom. The molecular formula is C21H20BrNO4. The summed E-state index contributed by atoms with van der Waals surface area (Å²) in [5.74, 6) is 0.449. The predicted molar refractivity (Wildman–Crippen MR) is 105 cm³/mol. The molecule has 0 saturated heterocycles. The molecule has 4 rings (SSSR count). The molecule has 1 saturated carbocycles. The zero-order valence-electron chi connectivity index (χ0n) is 15.2. The maximum Gasteiger partial charge on any atom is 0.312 e. The van der Waals surface area contributed by atoms with Gasteiger partial charge in [0, 0.05) is 22.5 Å². The predicted octanol–water partition coefficient (Wildman–Crippen LogP) is 4.04. The van der Waals surface area contributed by atoms with Crippen LogP contribution in [0.25, 0.3) is 0 Å². The van der Waals surface area contributed by atoms with E-state index in [-0.39, 0.29) is 24.2 Å². The average Bonchev–Trinajstić information content (AvgIpc) is 3.41. The zero-order valence-corrected chi connectivity index (χ0v) is 16.8. The molecule has 2 aromatic rings. The number of carbonyl (C=O) groups is 2. The summed E-state index contributed by atoms with van der Waals surface area (Å²) in [7, 11) is 3.01. The van der Waals surface area contributed by atoms with Gasteiger partial charge in [-0.25, -0.2) is 0 Å². The van der Waals surface area contributed by atoms with Crippen molar-refractivity contribution in [2.24, 2.45) is 5.41 Å². The van der Waals surface area contributed by atoms with E-state index in [9.17, 15) is 9.59 Å². The molecule has 1 aliphatic heterocycles. The van der Waals surface area contributed by atoms with Crippen LogP contribution in [0.3, 0.4) is 0 Å². The Morgan fingerprint density at radius 3 is 2.63 bits per heavy atom. The second kappa shape index (κ2) is 6.68. The number of amides is 1. The van der Waals surface area contributed by atoms with Gasteiger partial charge < -0.3 is 14.4 Å². The van der Waals surface area contributed by atoms with Gasteiger partial charge in [0.15, 0.2) is 0 Å². The molecule has 0 spiro atoms. The van der Waals surface area contributed by atoms with Crippen LogP contribution in [-0.4, -0.2) is 26.1 Å². The van der Waals surface area contributed by atoms with Gasteiger partial charge in [-0.3, -0.25) is 9.59 Å². The van der Waals surface area contributed by atoms with Gasteiger partial charge in [0.1, 0.15) is 5.75 Å². The van der Waals surface area contributed by atoms with E-state index in [0.29, 0.717) is 13.0 Å². The minimum absolute atomic E-state index is 0.0258. The molecule has 5 nitrogen and oxygen atoms in total. The van der Waals surface area contributed by atoms with Crippen LogP contribution in [0, 0.1) is 5.41 Å². The summed E-state index contributed by atoms with van der Waals surface area (Å²) in [6, 6.07) is 13.6. The molecule has 1 aliphatic carbocycles. The number of rotatable bonds is 4. The number of ether oxygens (including phenoxy) is 2. The van der Waals surface area contributed by atoms with Crippen molar-refractivity contribution >= 4 is 33.5 Å². The standard InChI is InChI=1S/C21H20BrNO4/c1-26-15-6-3-13(4-7-15)12-23-18-9-14(22)5-8-16(18)17-10-21(17,11-19(23)24)20(25)27-2/h3-9,17H,10-12H2,1-2H3. The monoisotopic (exact) mass is 429 g/mol. The molecule has 2 unspecified atom stereocenters. The molecule has 1 amide bonds. The highest BCUT2D eigenvalue weighted by Gasteiger charge is 2.64. The molecule has 6 heteroatoms. The summed E-state index contributed by atoms with van der Waals surface area (Å²) in [6.07, 6.45) is 0.837. The highest BCUT2D eigenvalue weighted by molar-refractivity contribution is 9.10. The summed E-state index contributed by atoms with van der Waals surface area (Å²) < 4.78 is 11.1. The largest absolute Gasteiger partial charge is 0.497 e. The summed E-state index contributed by atoms with van der Waals surface area (Å²) in [6.45, 7) is 0.441. The third-order valence-electron chi connectivity index (χ3n) is 5.59. The molecule has 0 radical (unpaired) electrons. The first-order chi connectivity index (χ1) is 13.0. The van der Waals surface area contributed by atoms with E-state index in [1.807, 2.05) is 42.5 Å². The van der Waals surface area contributed by atoms with E-state index in [4.69, 9.17) is 9.47 Å². The van der Waals surface area contributed by atoms with E-state index >= 15 is 0 Å². The van der Waals surface area contributed by atoms with E-state index in [1.54, 1.807) is 12.0 Å². The van der Waals surface area contributed by atoms with Crippen molar-refractivity contribution in [1.29, 1.82) is 0 Å². The third-order valence-corrected chi connectivity index (χ3v) is 6.09. The normalized spacial score (nSPS) is 23.1. The minimum atomic E-state index is -0.719. The highest BCUT2D eigenvalue weighted by atomic mass is 79.9. The fourth-order valence-corrected chi connectivity index (χ4v) is 4.39. The average molecular weight is 430 g/mol. The number of hydrogen-bond acceptors (Lipinski definition) is 4. The molecule has 1 fully saturated rings. The number of benzene rings is 2. The number of halogens is 1. The quantitative estimate of drug-likeness (QED) is 0.688. The first-order valence-electron chi connectivity index (χ1n) is 8.79. The smallest absolute Gasteiger partial charge is 0.312 e. The molecule has 0 aromatic heterocycles. The van der Waals surface area contributed by atoms with Crippen molar-refractivity contribution in [3.8, 4) is 5.75 Å². The molecule has 2 aromatic carbocycles. The molecule has 0 bridgehead atoms. The van der Waals surface area contributed by atoms with Crippen LogP contribution in [0.15, 0.2) is 46.9 Å². The lowest BCUT2D eigenvalue weighted by Crippen LogP contribution is -2.33. The van der Waals surface area contributed by atoms with E-state index < -0.39 is 5.41 Å². The number of methoxy groups -OCH3 is 2. The third kappa shape index (κ3) is 3.02. The lowest BCUT2D eigenvalue weighted by Gasteiger charge is -2.25. The fourth-order valence-electron chi connectivity index (χ4n) is 4.04. The number of hydrogen-bond donors (Lipinski definition) is 0. The van der Waals surface area contributed by atoms with Gasteiger partial charge in [-0.15, -0.1) is 0 Å². The first-order valence-corrected chi connectivity index (χ1v) is 9.59. The van der Waals surface area contributed by atoms with Crippen LogP contribution in [-0.2, 0) is 20.9 Å². The number of nitrogens with zero attached hydrogens (tertiary/aromatic N) is 1. The Morgan fingerprint density at radius 2 is 1.96 bits per heavy atom. The van der Waals surface area contributed by atoms with Crippen molar-refractivity contribution in [1.82, 2.24) is 0 Å². The van der Waals surface area contributed by atoms with Gasteiger partial charge in [0.25, 0.3) is 0 Å². The van der Waals surface area contributed by atoms with E-state index in [0.717, 1.165) is 27.0 Å². The minimum Gasteiger partial charge on any atom is -0.497 e. The summed E-state index contributed by atoms with van der Waals surface area (Å²) >= 11 is 3.51. The Hall–Kier alpha value is -2.34. The molecule has 27 heavy (non-hydrogen) atoms. The van der Waals surface area contributed by atoms with Crippen molar-refractivity contribution < 1.29 is 19.1 Å². The van der Waals surface area contributed by atoms with Crippen LogP contribution in [0.5, 0.6) is 5.75 Å². The maximum absolute atomic E-state index is 13.2. The van der Waals surface area contributed by atoms with Gasteiger partial charge in [-0.05, 0) is 41.8 Å². The molecule has 140 valence electrons.